The predicted octanol–water partition coefficient (Wildman–Crippen LogP) is 1.24. The van der Waals surface area contributed by atoms with Gasteiger partial charge in [0.15, 0.2) is 0 Å². The molecule has 2 aromatic rings. The second-order valence-corrected chi connectivity index (χ2v) is 11.0. The molecule has 40 heavy (non-hydrogen) atoms. The van der Waals surface area contributed by atoms with Crippen LogP contribution in [0.25, 0.3) is 10.9 Å². The summed E-state index contributed by atoms with van der Waals surface area (Å²) in [6.45, 7) is 3.71. The number of hydrogen-bond donors (Lipinski definition) is 7. The lowest BCUT2D eigenvalue weighted by Crippen LogP contribution is -2.58. The third-order valence-electron chi connectivity index (χ3n) is 6.30. The monoisotopic (exact) mass is 577 g/mol. The van der Waals surface area contributed by atoms with Gasteiger partial charge >= 0.3 is 11.9 Å². The van der Waals surface area contributed by atoms with Crippen LogP contribution in [0.5, 0.6) is 0 Å². The number of carboxylic acid groups (broad SMARTS) is 2. The van der Waals surface area contributed by atoms with Gasteiger partial charge < -0.3 is 36.9 Å². The molecule has 0 spiro atoms. The molecule has 0 saturated heterocycles. The first-order chi connectivity index (χ1) is 18.9. The van der Waals surface area contributed by atoms with Crippen molar-refractivity contribution in [2.24, 2.45) is 11.7 Å². The van der Waals surface area contributed by atoms with Crippen LogP contribution in [0, 0.1) is 5.92 Å². The van der Waals surface area contributed by atoms with E-state index in [1.807, 2.05) is 44.4 Å². The number of amides is 3. The molecule has 12 nitrogen and oxygen atoms in total. The number of thioether (sulfide) groups is 1. The summed E-state index contributed by atoms with van der Waals surface area (Å²) in [5.74, 6) is -3.76. The molecule has 4 unspecified atom stereocenters. The second-order valence-electron chi connectivity index (χ2n) is 10.0. The summed E-state index contributed by atoms with van der Waals surface area (Å²) in [6, 6.07) is 2.99. The first-order valence-electron chi connectivity index (χ1n) is 13.1. The quantitative estimate of drug-likeness (QED) is 0.144. The third-order valence-corrected chi connectivity index (χ3v) is 6.95. The molecule has 0 aliphatic rings. The number of nitrogens with two attached hydrogens (primary N) is 1. The average molecular weight is 578 g/mol. The van der Waals surface area contributed by atoms with Crippen molar-refractivity contribution >= 4 is 52.3 Å². The van der Waals surface area contributed by atoms with Crippen molar-refractivity contribution in [3.63, 3.8) is 0 Å². The summed E-state index contributed by atoms with van der Waals surface area (Å²) in [5.41, 5.74) is 7.41. The standard InChI is InChI=1S/C27H39N5O7S/c1-15(2)12-21(31-24(35)18(28)8-9-23(33)34)25(36)32-22(26(37)30-20(27(38)39)10-11-40-3)13-16-14-29-19-7-5-4-6-17(16)19/h4-7,14-15,18,20-22,29H,8-13,28H2,1-3H3,(H,30,37)(H,31,35)(H,32,36)(H,33,34)(H,38,39). The molecule has 0 fully saturated rings. The predicted molar refractivity (Wildman–Crippen MR) is 153 cm³/mol. The highest BCUT2D eigenvalue weighted by molar-refractivity contribution is 7.98. The Hall–Kier alpha value is -3.58. The second kappa shape index (κ2) is 15.9. The van der Waals surface area contributed by atoms with Crippen LogP contribution in [0.15, 0.2) is 30.5 Å². The zero-order valence-corrected chi connectivity index (χ0v) is 23.8. The lowest BCUT2D eigenvalue weighted by molar-refractivity contribution is -0.142. The molecule has 0 saturated carbocycles. The van der Waals surface area contributed by atoms with E-state index in [9.17, 15) is 29.1 Å². The summed E-state index contributed by atoms with van der Waals surface area (Å²) in [5, 5.41) is 27.2. The number of aliphatic carboxylic acids is 2. The maximum atomic E-state index is 13.4. The minimum atomic E-state index is -1.18. The zero-order chi connectivity index (χ0) is 29.8. The highest BCUT2D eigenvalue weighted by Crippen LogP contribution is 2.19. The minimum absolute atomic E-state index is 0.0184. The Kier molecular flexibility index (Phi) is 12.9. The molecule has 0 radical (unpaired) electrons. The van der Waals surface area contributed by atoms with Gasteiger partial charge in [0.2, 0.25) is 17.7 Å². The van der Waals surface area contributed by atoms with Gasteiger partial charge in [-0.15, -0.1) is 0 Å². The molecule has 3 amide bonds. The highest BCUT2D eigenvalue weighted by atomic mass is 32.2. The van der Waals surface area contributed by atoms with Crippen LogP contribution in [0.2, 0.25) is 0 Å². The van der Waals surface area contributed by atoms with E-state index in [-0.39, 0.29) is 38.0 Å². The fourth-order valence-corrected chi connectivity index (χ4v) is 4.63. The molecule has 2 rings (SSSR count). The number of para-hydroxylation sites is 1. The molecule has 8 N–H and O–H groups in total. The number of benzene rings is 1. The number of carboxylic acids is 2. The molecule has 0 aliphatic heterocycles. The molecular formula is C27H39N5O7S. The van der Waals surface area contributed by atoms with Gasteiger partial charge in [0.25, 0.3) is 0 Å². The van der Waals surface area contributed by atoms with E-state index < -0.39 is 53.8 Å². The van der Waals surface area contributed by atoms with E-state index in [1.165, 1.54) is 11.8 Å². The van der Waals surface area contributed by atoms with Crippen LogP contribution in [-0.2, 0) is 30.4 Å². The van der Waals surface area contributed by atoms with Gasteiger partial charge in [-0.05, 0) is 48.8 Å². The molecule has 4 atom stereocenters. The zero-order valence-electron chi connectivity index (χ0n) is 22.9. The van der Waals surface area contributed by atoms with Crippen LogP contribution >= 0.6 is 11.8 Å². The van der Waals surface area contributed by atoms with E-state index in [1.54, 1.807) is 6.20 Å². The van der Waals surface area contributed by atoms with Gasteiger partial charge in [0.05, 0.1) is 6.04 Å². The Morgan fingerprint density at radius 3 is 2.17 bits per heavy atom. The maximum absolute atomic E-state index is 13.4. The van der Waals surface area contributed by atoms with Gasteiger partial charge in [-0.3, -0.25) is 19.2 Å². The van der Waals surface area contributed by atoms with Crippen LogP contribution < -0.4 is 21.7 Å². The third kappa shape index (κ3) is 10.2. The summed E-state index contributed by atoms with van der Waals surface area (Å²) in [7, 11) is 0. The summed E-state index contributed by atoms with van der Waals surface area (Å²) in [6.07, 6.45) is 3.66. The average Bonchev–Trinajstić information content (AvgIpc) is 3.30. The van der Waals surface area contributed by atoms with Crippen molar-refractivity contribution < 1.29 is 34.2 Å². The lowest BCUT2D eigenvalue weighted by Gasteiger charge is -2.26. The number of aromatic amines is 1. The number of nitrogens with one attached hydrogen (secondary N) is 4. The van der Waals surface area contributed by atoms with Gasteiger partial charge in [-0.1, -0.05) is 32.0 Å². The molecule has 1 heterocycles. The van der Waals surface area contributed by atoms with Crippen LogP contribution in [-0.4, -0.2) is 81.0 Å². The Bertz CT molecular complexity index is 1180. The normalized spacial score (nSPS) is 14.2. The number of aromatic nitrogens is 1. The molecular weight excluding hydrogens is 538 g/mol. The molecule has 1 aromatic carbocycles. The van der Waals surface area contributed by atoms with Gasteiger partial charge in [-0.25, -0.2) is 4.79 Å². The van der Waals surface area contributed by atoms with Crippen molar-refractivity contribution in [1.82, 2.24) is 20.9 Å². The fraction of sp³-hybridized carbons (Fsp3) is 0.519. The van der Waals surface area contributed by atoms with E-state index >= 15 is 0 Å². The van der Waals surface area contributed by atoms with E-state index in [0.29, 0.717) is 5.75 Å². The van der Waals surface area contributed by atoms with Crippen LogP contribution in [0.4, 0.5) is 0 Å². The van der Waals surface area contributed by atoms with E-state index in [4.69, 9.17) is 10.8 Å². The number of rotatable bonds is 17. The molecule has 13 heteroatoms. The maximum Gasteiger partial charge on any atom is 0.326 e. The molecule has 220 valence electrons. The number of hydrogen-bond acceptors (Lipinski definition) is 7. The number of carbonyl (C=O) groups excluding carboxylic acids is 3. The number of H-pyrrole nitrogens is 1. The van der Waals surface area contributed by atoms with Crippen LogP contribution in [0.1, 0.15) is 45.1 Å². The first-order valence-corrected chi connectivity index (χ1v) is 14.5. The Balaban J connectivity index is 2.29. The molecule has 1 aromatic heterocycles. The van der Waals surface area contributed by atoms with Crippen molar-refractivity contribution in [2.45, 2.75) is 70.1 Å². The van der Waals surface area contributed by atoms with Gasteiger partial charge in [0, 0.05) is 29.9 Å². The summed E-state index contributed by atoms with van der Waals surface area (Å²) in [4.78, 5) is 65.2. The highest BCUT2D eigenvalue weighted by Gasteiger charge is 2.31. The first kappa shape index (κ1) is 32.6. The van der Waals surface area contributed by atoms with E-state index in [0.717, 1.165) is 16.5 Å². The van der Waals surface area contributed by atoms with Crippen molar-refractivity contribution in [3.05, 3.63) is 36.0 Å². The Morgan fingerprint density at radius 1 is 0.925 bits per heavy atom. The number of carbonyl (C=O) groups is 5. The van der Waals surface area contributed by atoms with E-state index in [2.05, 4.69) is 20.9 Å². The summed E-state index contributed by atoms with van der Waals surface area (Å²) < 4.78 is 0. The lowest BCUT2D eigenvalue weighted by atomic mass is 10.00. The smallest absolute Gasteiger partial charge is 0.326 e. The largest absolute Gasteiger partial charge is 0.481 e. The van der Waals surface area contributed by atoms with Gasteiger partial charge in [-0.2, -0.15) is 11.8 Å². The Morgan fingerprint density at radius 2 is 1.55 bits per heavy atom. The fourth-order valence-electron chi connectivity index (χ4n) is 4.16. The SMILES string of the molecule is CSCCC(NC(=O)C(Cc1c[nH]c2ccccc12)NC(=O)C(CC(C)C)NC(=O)C(N)CCC(=O)O)C(=O)O. The molecule has 0 aliphatic carbocycles. The summed E-state index contributed by atoms with van der Waals surface area (Å²) >= 11 is 1.45. The van der Waals surface area contributed by atoms with Gasteiger partial charge in [0.1, 0.15) is 18.1 Å². The van der Waals surface area contributed by atoms with Crippen molar-refractivity contribution in [3.8, 4) is 0 Å². The minimum Gasteiger partial charge on any atom is -0.481 e. The molecule has 0 bridgehead atoms. The Labute approximate surface area is 237 Å². The number of fused-ring (bicyclic) bond motifs is 1. The van der Waals surface area contributed by atoms with Crippen LogP contribution in [0.3, 0.4) is 0 Å². The van der Waals surface area contributed by atoms with Crippen molar-refractivity contribution in [1.29, 1.82) is 0 Å². The topological polar surface area (TPSA) is 204 Å². The van der Waals surface area contributed by atoms with Crippen molar-refractivity contribution in [2.75, 3.05) is 12.0 Å².